The largest absolute Gasteiger partial charge is 0.313 e. The highest BCUT2D eigenvalue weighted by atomic mass is 32.2. The summed E-state index contributed by atoms with van der Waals surface area (Å²) >= 11 is 0. The van der Waals surface area contributed by atoms with Crippen molar-refractivity contribution in [2.24, 2.45) is 0 Å². The molecule has 14 heavy (non-hydrogen) atoms. The Kier molecular flexibility index (Phi) is 4.89. The second kappa shape index (κ2) is 5.71. The Morgan fingerprint density at radius 2 is 2.14 bits per heavy atom. The molecule has 0 aromatic heterocycles. The molecule has 1 N–H and O–H groups in total. The van der Waals surface area contributed by atoms with E-state index in [4.69, 9.17) is 0 Å². The van der Waals surface area contributed by atoms with Gasteiger partial charge in [-0.25, -0.2) is 8.42 Å². The number of sulfone groups is 1. The van der Waals surface area contributed by atoms with E-state index in [0.29, 0.717) is 11.5 Å². The SMILES string of the molecule is CCCCCNC1CCCS(=O)(=O)C1. The predicted molar refractivity (Wildman–Crippen MR) is 59.2 cm³/mol. The lowest BCUT2D eigenvalue weighted by Gasteiger charge is -2.22. The molecule has 1 saturated heterocycles. The van der Waals surface area contributed by atoms with Crippen molar-refractivity contribution in [1.29, 1.82) is 0 Å². The van der Waals surface area contributed by atoms with Crippen LogP contribution in [0.3, 0.4) is 0 Å². The minimum atomic E-state index is -2.74. The molecule has 1 unspecified atom stereocenters. The molecule has 0 aromatic rings. The number of unbranched alkanes of at least 4 members (excludes halogenated alkanes) is 2. The van der Waals surface area contributed by atoms with Crippen molar-refractivity contribution in [3.05, 3.63) is 0 Å². The van der Waals surface area contributed by atoms with Gasteiger partial charge in [0.05, 0.1) is 11.5 Å². The van der Waals surface area contributed by atoms with Gasteiger partial charge in [-0.05, 0) is 25.8 Å². The highest BCUT2D eigenvalue weighted by Gasteiger charge is 2.23. The summed E-state index contributed by atoms with van der Waals surface area (Å²) in [6, 6.07) is 0.214. The first-order valence-electron chi connectivity index (χ1n) is 5.58. The third-order valence-electron chi connectivity index (χ3n) is 2.68. The smallest absolute Gasteiger partial charge is 0.151 e. The van der Waals surface area contributed by atoms with Crippen LogP contribution in [-0.4, -0.2) is 32.5 Å². The lowest BCUT2D eigenvalue weighted by Crippen LogP contribution is -2.40. The Hall–Kier alpha value is -0.0900. The van der Waals surface area contributed by atoms with Crippen molar-refractivity contribution >= 4 is 9.84 Å². The van der Waals surface area contributed by atoms with Gasteiger partial charge >= 0.3 is 0 Å². The van der Waals surface area contributed by atoms with Gasteiger partial charge in [0, 0.05) is 6.04 Å². The molecular formula is C10H21NO2S. The van der Waals surface area contributed by atoms with E-state index >= 15 is 0 Å². The molecule has 0 saturated carbocycles. The van der Waals surface area contributed by atoms with Crippen molar-refractivity contribution in [2.45, 2.75) is 45.1 Å². The zero-order valence-electron chi connectivity index (χ0n) is 8.96. The maximum Gasteiger partial charge on any atom is 0.151 e. The molecule has 0 radical (unpaired) electrons. The van der Waals surface area contributed by atoms with E-state index in [9.17, 15) is 8.42 Å². The van der Waals surface area contributed by atoms with Crippen LogP contribution in [0.2, 0.25) is 0 Å². The summed E-state index contributed by atoms with van der Waals surface area (Å²) in [6.07, 6.45) is 5.45. The zero-order chi connectivity index (χ0) is 10.4. The molecule has 0 aromatic carbocycles. The van der Waals surface area contributed by atoms with Gasteiger partial charge in [-0.15, -0.1) is 0 Å². The van der Waals surface area contributed by atoms with Crippen LogP contribution >= 0.6 is 0 Å². The summed E-state index contributed by atoms with van der Waals surface area (Å²) in [5, 5.41) is 3.33. The molecule has 1 aliphatic rings. The third kappa shape index (κ3) is 4.42. The zero-order valence-corrected chi connectivity index (χ0v) is 9.78. The van der Waals surface area contributed by atoms with E-state index in [1.807, 2.05) is 0 Å². The van der Waals surface area contributed by atoms with E-state index in [2.05, 4.69) is 12.2 Å². The van der Waals surface area contributed by atoms with E-state index in [-0.39, 0.29) is 6.04 Å². The Morgan fingerprint density at radius 3 is 2.79 bits per heavy atom. The van der Waals surface area contributed by atoms with Crippen LogP contribution in [0, 0.1) is 0 Å². The average molecular weight is 219 g/mol. The van der Waals surface area contributed by atoms with Crippen LogP contribution in [0.5, 0.6) is 0 Å². The fraction of sp³-hybridized carbons (Fsp3) is 1.00. The Bertz CT molecular complexity index is 249. The van der Waals surface area contributed by atoms with E-state index in [1.54, 1.807) is 0 Å². The molecule has 1 atom stereocenters. The van der Waals surface area contributed by atoms with Crippen molar-refractivity contribution < 1.29 is 8.42 Å². The third-order valence-corrected chi connectivity index (χ3v) is 4.50. The van der Waals surface area contributed by atoms with Crippen molar-refractivity contribution in [2.75, 3.05) is 18.1 Å². The van der Waals surface area contributed by atoms with Gasteiger partial charge in [0.25, 0.3) is 0 Å². The second-order valence-corrected chi connectivity index (χ2v) is 6.34. The molecule has 1 rings (SSSR count). The standard InChI is InChI=1S/C10H21NO2S/c1-2-3-4-7-11-10-6-5-8-14(12,13)9-10/h10-11H,2-9H2,1H3. The van der Waals surface area contributed by atoms with Crippen LogP contribution in [-0.2, 0) is 9.84 Å². The van der Waals surface area contributed by atoms with Gasteiger partial charge in [-0.1, -0.05) is 19.8 Å². The summed E-state index contributed by atoms with van der Waals surface area (Å²) in [5.41, 5.74) is 0. The Labute approximate surface area is 87.2 Å². The first kappa shape index (κ1) is 12.0. The highest BCUT2D eigenvalue weighted by Crippen LogP contribution is 2.11. The molecule has 1 aliphatic heterocycles. The fourth-order valence-electron chi connectivity index (χ4n) is 1.87. The van der Waals surface area contributed by atoms with Crippen molar-refractivity contribution in [3.8, 4) is 0 Å². The average Bonchev–Trinajstić information content (AvgIpc) is 2.11. The lowest BCUT2D eigenvalue weighted by atomic mass is 10.2. The van der Waals surface area contributed by atoms with Crippen molar-refractivity contribution in [1.82, 2.24) is 5.32 Å². The van der Waals surface area contributed by atoms with Gasteiger partial charge in [0.2, 0.25) is 0 Å². The molecule has 84 valence electrons. The summed E-state index contributed by atoms with van der Waals surface area (Å²) < 4.78 is 22.6. The molecule has 1 heterocycles. The minimum Gasteiger partial charge on any atom is -0.313 e. The number of nitrogens with one attached hydrogen (secondary N) is 1. The van der Waals surface area contributed by atoms with Gasteiger partial charge in [-0.2, -0.15) is 0 Å². The monoisotopic (exact) mass is 219 g/mol. The van der Waals surface area contributed by atoms with Gasteiger partial charge in [0.15, 0.2) is 9.84 Å². The topological polar surface area (TPSA) is 46.2 Å². The first-order chi connectivity index (χ1) is 6.64. The molecule has 0 aliphatic carbocycles. The molecule has 0 amide bonds. The maximum absolute atomic E-state index is 11.3. The molecular weight excluding hydrogens is 198 g/mol. The summed E-state index contributed by atoms with van der Waals surface area (Å²) in [4.78, 5) is 0. The van der Waals surface area contributed by atoms with Crippen LogP contribution in [0.15, 0.2) is 0 Å². The van der Waals surface area contributed by atoms with E-state index in [0.717, 1.165) is 25.8 Å². The predicted octanol–water partition coefficient (Wildman–Crippen LogP) is 1.34. The van der Waals surface area contributed by atoms with Crippen LogP contribution in [0.1, 0.15) is 39.0 Å². The van der Waals surface area contributed by atoms with Crippen LogP contribution in [0.25, 0.3) is 0 Å². The van der Waals surface area contributed by atoms with E-state index < -0.39 is 9.84 Å². The lowest BCUT2D eigenvalue weighted by molar-refractivity contribution is 0.471. The van der Waals surface area contributed by atoms with Crippen molar-refractivity contribution in [3.63, 3.8) is 0 Å². The number of rotatable bonds is 5. The first-order valence-corrected chi connectivity index (χ1v) is 7.40. The highest BCUT2D eigenvalue weighted by molar-refractivity contribution is 7.91. The Morgan fingerprint density at radius 1 is 1.36 bits per heavy atom. The van der Waals surface area contributed by atoms with Gasteiger partial charge < -0.3 is 5.32 Å². The minimum absolute atomic E-state index is 0.214. The van der Waals surface area contributed by atoms with E-state index in [1.165, 1.54) is 12.8 Å². The second-order valence-electron chi connectivity index (χ2n) is 4.11. The van der Waals surface area contributed by atoms with Gasteiger partial charge in [0.1, 0.15) is 0 Å². The maximum atomic E-state index is 11.3. The Balaban J connectivity index is 2.18. The molecule has 3 nitrogen and oxygen atoms in total. The normalized spacial score (nSPS) is 26.2. The molecule has 0 bridgehead atoms. The fourth-order valence-corrected chi connectivity index (χ4v) is 3.54. The molecule has 4 heteroatoms. The van der Waals surface area contributed by atoms with Crippen LogP contribution < -0.4 is 5.32 Å². The van der Waals surface area contributed by atoms with Crippen LogP contribution in [0.4, 0.5) is 0 Å². The number of hydrogen-bond acceptors (Lipinski definition) is 3. The summed E-state index contributed by atoms with van der Waals surface area (Å²) in [5.74, 6) is 0.735. The molecule has 0 spiro atoms. The summed E-state index contributed by atoms with van der Waals surface area (Å²) in [7, 11) is -2.74. The van der Waals surface area contributed by atoms with Gasteiger partial charge in [-0.3, -0.25) is 0 Å². The quantitative estimate of drug-likeness (QED) is 0.710. The number of hydrogen-bond donors (Lipinski definition) is 1. The molecule has 1 fully saturated rings. The summed E-state index contributed by atoms with van der Waals surface area (Å²) in [6.45, 7) is 3.14.